The van der Waals surface area contributed by atoms with Gasteiger partial charge in [-0.2, -0.15) is 0 Å². The lowest BCUT2D eigenvalue weighted by atomic mass is 10.2. The van der Waals surface area contributed by atoms with Crippen molar-refractivity contribution in [2.45, 2.75) is 25.9 Å². The van der Waals surface area contributed by atoms with Gasteiger partial charge in [0.05, 0.1) is 5.56 Å². The van der Waals surface area contributed by atoms with Gasteiger partial charge in [-0.3, -0.25) is 14.4 Å². The number of hydrogen-bond acceptors (Lipinski definition) is 4. The molecule has 1 fully saturated rings. The molecule has 1 aromatic carbocycles. The summed E-state index contributed by atoms with van der Waals surface area (Å²) in [5, 5.41) is 2.51. The molecular weight excluding hydrogens is 411 g/mol. The maximum absolute atomic E-state index is 12.0. The van der Waals surface area contributed by atoms with Gasteiger partial charge >= 0.3 is 5.97 Å². The first-order valence-electron chi connectivity index (χ1n) is 7.50. The van der Waals surface area contributed by atoms with Crippen LogP contribution in [-0.2, 0) is 14.3 Å². The van der Waals surface area contributed by atoms with Crippen molar-refractivity contribution in [3.05, 3.63) is 33.4 Å². The van der Waals surface area contributed by atoms with Gasteiger partial charge in [0, 0.05) is 16.7 Å². The van der Waals surface area contributed by atoms with Gasteiger partial charge in [-0.25, -0.2) is 0 Å². The minimum absolute atomic E-state index is 0.181. The number of amides is 2. The van der Waals surface area contributed by atoms with E-state index in [1.54, 1.807) is 24.0 Å². The Labute approximate surface area is 148 Å². The van der Waals surface area contributed by atoms with Crippen LogP contribution in [0.15, 0.2) is 24.3 Å². The lowest BCUT2D eigenvalue weighted by molar-refractivity contribution is -0.157. The van der Waals surface area contributed by atoms with E-state index in [9.17, 15) is 14.4 Å². The van der Waals surface area contributed by atoms with Crippen LogP contribution in [0.4, 0.5) is 0 Å². The summed E-state index contributed by atoms with van der Waals surface area (Å²) in [6, 6.07) is 7.08. The summed E-state index contributed by atoms with van der Waals surface area (Å²) in [6.45, 7) is 2.72. The first-order chi connectivity index (χ1) is 11.0. The molecule has 0 aliphatic carbocycles. The van der Waals surface area contributed by atoms with E-state index in [-0.39, 0.29) is 18.4 Å². The first kappa shape index (κ1) is 17.7. The van der Waals surface area contributed by atoms with Crippen LogP contribution < -0.4 is 5.32 Å². The highest BCUT2D eigenvalue weighted by Gasteiger charge is 2.26. The van der Waals surface area contributed by atoms with Crippen molar-refractivity contribution >= 4 is 40.4 Å². The minimum atomic E-state index is -0.825. The number of halogens is 1. The van der Waals surface area contributed by atoms with Crippen LogP contribution in [0.3, 0.4) is 0 Å². The van der Waals surface area contributed by atoms with E-state index in [1.165, 1.54) is 0 Å². The van der Waals surface area contributed by atoms with Gasteiger partial charge in [0.15, 0.2) is 6.10 Å². The summed E-state index contributed by atoms with van der Waals surface area (Å²) in [7, 11) is 0. The predicted molar refractivity (Wildman–Crippen MR) is 92.9 cm³/mol. The zero-order valence-electron chi connectivity index (χ0n) is 12.9. The molecule has 124 valence electrons. The molecule has 1 aliphatic heterocycles. The molecule has 1 heterocycles. The average Bonchev–Trinajstić information content (AvgIpc) is 3.06. The second-order valence-corrected chi connectivity index (χ2v) is 6.49. The summed E-state index contributed by atoms with van der Waals surface area (Å²) in [5.74, 6) is -1.14. The third-order valence-electron chi connectivity index (χ3n) is 3.59. The number of hydrogen-bond donors (Lipinski definition) is 1. The smallest absolute Gasteiger partial charge is 0.326 e. The molecule has 0 radical (unpaired) electrons. The monoisotopic (exact) mass is 430 g/mol. The summed E-state index contributed by atoms with van der Waals surface area (Å²) in [5.41, 5.74) is 0.502. The maximum atomic E-state index is 12.0. The minimum Gasteiger partial charge on any atom is -0.451 e. The SMILES string of the molecule is CC(OC(=O)CNC(=O)c1ccccc1I)C(=O)N1CCCC1. The molecule has 2 amide bonds. The zero-order valence-corrected chi connectivity index (χ0v) is 15.0. The molecule has 7 heteroatoms. The zero-order chi connectivity index (χ0) is 16.8. The number of nitrogens with zero attached hydrogens (tertiary/aromatic N) is 1. The Bertz CT molecular complexity index is 599. The van der Waals surface area contributed by atoms with Gasteiger partial charge in [-0.1, -0.05) is 12.1 Å². The van der Waals surface area contributed by atoms with Crippen LogP contribution in [-0.4, -0.2) is 48.4 Å². The van der Waals surface area contributed by atoms with E-state index >= 15 is 0 Å². The number of nitrogens with one attached hydrogen (secondary N) is 1. The Kier molecular flexibility index (Phi) is 6.37. The second-order valence-electron chi connectivity index (χ2n) is 5.33. The first-order valence-corrected chi connectivity index (χ1v) is 8.58. The number of ether oxygens (including phenoxy) is 1. The fraction of sp³-hybridized carbons (Fsp3) is 0.438. The van der Waals surface area contributed by atoms with E-state index in [0.29, 0.717) is 18.7 Å². The van der Waals surface area contributed by atoms with Crippen molar-refractivity contribution in [2.24, 2.45) is 0 Å². The van der Waals surface area contributed by atoms with E-state index < -0.39 is 12.1 Å². The van der Waals surface area contributed by atoms with Gasteiger partial charge in [0.25, 0.3) is 11.8 Å². The number of carbonyl (C=O) groups excluding carboxylic acids is 3. The lowest BCUT2D eigenvalue weighted by Gasteiger charge is -2.20. The van der Waals surface area contributed by atoms with Crippen molar-refractivity contribution in [1.29, 1.82) is 0 Å². The van der Waals surface area contributed by atoms with E-state index in [1.807, 2.05) is 12.1 Å². The normalized spacial score (nSPS) is 15.1. The molecule has 1 aromatic rings. The standard InChI is InChI=1S/C16H19IN2O4/c1-11(16(22)19-8-4-5-9-19)23-14(20)10-18-15(21)12-6-2-3-7-13(12)17/h2-3,6-7,11H,4-5,8-10H2,1H3,(H,18,21). The predicted octanol–water partition coefficient (Wildman–Crippen LogP) is 1.58. The quantitative estimate of drug-likeness (QED) is 0.569. The molecule has 0 aromatic heterocycles. The van der Waals surface area contributed by atoms with Crippen molar-refractivity contribution in [2.75, 3.05) is 19.6 Å². The highest BCUT2D eigenvalue weighted by atomic mass is 127. The number of likely N-dealkylation sites (tertiary alicyclic amines) is 1. The summed E-state index contributed by atoms with van der Waals surface area (Å²) in [4.78, 5) is 37.5. The topological polar surface area (TPSA) is 75.7 Å². The number of esters is 1. The van der Waals surface area contributed by atoms with Crippen LogP contribution in [0, 0.1) is 3.57 Å². The maximum Gasteiger partial charge on any atom is 0.326 e. The summed E-state index contributed by atoms with van der Waals surface area (Å²) >= 11 is 2.06. The van der Waals surface area contributed by atoms with Gasteiger partial charge in [0.1, 0.15) is 6.54 Å². The van der Waals surface area contributed by atoms with Crippen LogP contribution in [0.25, 0.3) is 0 Å². The fourth-order valence-electron chi connectivity index (χ4n) is 2.38. The third-order valence-corrected chi connectivity index (χ3v) is 4.53. The Balaban J connectivity index is 1.79. The molecule has 1 saturated heterocycles. The summed E-state index contributed by atoms with van der Waals surface area (Å²) < 4.78 is 5.89. The van der Waals surface area contributed by atoms with Crippen molar-refractivity contribution in [3.8, 4) is 0 Å². The van der Waals surface area contributed by atoms with Crippen LogP contribution >= 0.6 is 22.6 Å². The van der Waals surface area contributed by atoms with Crippen LogP contribution in [0.1, 0.15) is 30.1 Å². The largest absolute Gasteiger partial charge is 0.451 e. The van der Waals surface area contributed by atoms with Gasteiger partial charge < -0.3 is 15.0 Å². The highest BCUT2D eigenvalue weighted by molar-refractivity contribution is 14.1. The second kappa shape index (κ2) is 8.28. The average molecular weight is 430 g/mol. The molecule has 0 bridgehead atoms. The number of carbonyl (C=O) groups is 3. The molecular formula is C16H19IN2O4. The van der Waals surface area contributed by atoms with Gasteiger partial charge in [0.2, 0.25) is 0 Å². The van der Waals surface area contributed by atoms with Crippen molar-refractivity contribution in [1.82, 2.24) is 10.2 Å². The van der Waals surface area contributed by atoms with Crippen LogP contribution in [0.2, 0.25) is 0 Å². The molecule has 2 rings (SSSR count). The molecule has 1 N–H and O–H groups in total. The molecule has 1 aliphatic rings. The highest BCUT2D eigenvalue weighted by Crippen LogP contribution is 2.12. The van der Waals surface area contributed by atoms with Crippen molar-refractivity contribution in [3.63, 3.8) is 0 Å². The van der Waals surface area contributed by atoms with Crippen molar-refractivity contribution < 1.29 is 19.1 Å². The van der Waals surface area contributed by atoms with E-state index in [4.69, 9.17) is 4.74 Å². The molecule has 23 heavy (non-hydrogen) atoms. The lowest BCUT2D eigenvalue weighted by Crippen LogP contribution is -2.40. The molecule has 1 atom stereocenters. The fourth-order valence-corrected chi connectivity index (χ4v) is 3.01. The number of benzene rings is 1. The third kappa shape index (κ3) is 4.92. The Morgan fingerprint density at radius 3 is 2.57 bits per heavy atom. The molecule has 0 spiro atoms. The van der Waals surface area contributed by atoms with Gasteiger partial charge in [-0.15, -0.1) is 0 Å². The van der Waals surface area contributed by atoms with E-state index in [2.05, 4.69) is 27.9 Å². The summed E-state index contributed by atoms with van der Waals surface area (Å²) in [6.07, 6.45) is 1.14. The van der Waals surface area contributed by atoms with Gasteiger partial charge in [-0.05, 0) is 54.5 Å². The van der Waals surface area contributed by atoms with E-state index in [0.717, 1.165) is 16.4 Å². The number of rotatable bonds is 5. The molecule has 0 saturated carbocycles. The Hall–Kier alpha value is -1.64. The Morgan fingerprint density at radius 2 is 1.91 bits per heavy atom. The molecule has 1 unspecified atom stereocenters. The molecule has 6 nitrogen and oxygen atoms in total. The van der Waals surface area contributed by atoms with Crippen LogP contribution in [0.5, 0.6) is 0 Å². The Morgan fingerprint density at radius 1 is 1.26 bits per heavy atom.